The van der Waals surface area contributed by atoms with Crippen LogP contribution in [0.5, 0.6) is 0 Å². The molecule has 1 atom stereocenters. The summed E-state index contributed by atoms with van der Waals surface area (Å²) < 4.78 is 0. The number of thioether (sulfide) groups is 1. The quantitative estimate of drug-likeness (QED) is 0.822. The molecule has 0 bridgehead atoms. The van der Waals surface area contributed by atoms with Gasteiger partial charge in [0.1, 0.15) is 0 Å². The standard InChI is InChI=1S/C16H28N2S/c1-7-19-15-10-8-9-14(13(15)11-17)18(6)12(2)16(3,4)5/h8-10,12H,7,11,17H2,1-6H3. The molecule has 0 aliphatic heterocycles. The summed E-state index contributed by atoms with van der Waals surface area (Å²) >= 11 is 1.87. The van der Waals surface area contributed by atoms with Crippen LogP contribution in [0.3, 0.4) is 0 Å². The highest BCUT2D eigenvalue weighted by molar-refractivity contribution is 7.99. The fourth-order valence-electron chi connectivity index (χ4n) is 2.17. The lowest BCUT2D eigenvalue weighted by Crippen LogP contribution is -2.40. The third-order valence-electron chi connectivity index (χ3n) is 3.83. The van der Waals surface area contributed by atoms with Gasteiger partial charge in [-0.2, -0.15) is 0 Å². The number of nitrogens with zero attached hydrogens (tertiary/aromatic N) is 1. The van der Waals surface area contributed by atoms with E-state index in [4.69, 9.17) is 5.73 Å². The van der Waals surface area contributed by atoms with Crippen molar-refractivity contribution in [2.45, 2.75) is 52.1 Å². The second-order valence-electron chi connectivity index (χ2n) is 6.04. The van der Waals surface area contributed by atoms with Crippen molar-refractivity contribution in [3.8, 4) is 0 Å². The Labute approximate surface area is 122 Å². The number of benzene rings is 1. The largest absolute Gasteiger partial charge is 0.371 e. The highest BCUT2D eigenvalue weighted by atomic mass is 32.2. The molecular weight excluding hydrogens is 252 g/mol. The fourth-order valence-corrected chi connectivity index (χ4v) is 3.02. The van der Waals surface area contributed by atoms with E-state index in [0.29, 0.717) is 12.6 Å². The molecule has 0 radical (unpaired) electrons. The molecule has 2 N–H and O–H groups in total. The van der Waals surface area contributed by atoms with E-state index in [1.807, 2.05) is 11.8 Å². The highest BCUT2D eigenvalue weighted by Crippen LogP contribution is 2.34. The number of rotatable bonds is 5. The molecule has 0 aliphatic rings. The number of hydrogen-bond donors (Lipinski definition) is 1. The van der Waals surface area contributed by atoms with Crippen LogP contribution in [0.2, 0.25) is 0 Å². The van der Waals surface area contributed by atoms with Gasteiger partial charge in [-0.05, 0) is 30.2 Å². The van der Waals surface area contributed by atoms with Crippen LogP contribution in [0.25, 0.3) is 0 Å². The van der Waals surface area contributed by atoms with Crippen molar-refractivity contribution < 1.29 is 0 Å². The second-order valence-corrected chi connectivity index (χ2v) is 7.35. The molecule has 2 nitrogen and oxygen atoms in total. The van der Waals surface area contributed by atoms with Crippen LogP contribution in [-0.2, 0) is 6.54 Å². The van der Waals surface area contributed by atoms with Gasteiger partial charge in [-0.25, -0.2) is 0 Å². The van der Waals surface area contributed by atoms with Crippen LogP contribution in [-0.4, -0.2) is 18.8 Å². The Bertz CT molecular complexity index is 410. The number of hydrogen-bond acceptors (Lipinski definition) is 3. The van der Waals surface area contributed by atoms with Gasteiger partial charge in [0.15, 0.2) is 0 Å². The molecule has 108 valence electrons. The Morgan fingerprint density at radius 1 is 1.32 bits per heavy atom. The summed E-state index contributed by atoms with van der Waals surface area (Å²) in [6.07, 6.45) is 0. The van der Waals surface area contributed by atoms with E-state index < -0.39 is 0 Å². The third kappa shape index (κ3) is 3.90. The average molecular weight is 280 g/mol. The van der Waals surface area contributed by atoms with Crippen molar-refractivity contribution in [1.29, 1.82) is 0 Å². The first-order valence-electron chi connectivity index (χ1n) is 7.00. The van der Waals surface area contributed by atoms with Crippen LogP contribution in [0.15, 0.2) is 23.1 Å². The zero-order chi connectivity index (χ0) is 14.6. The molecule has 0 amide bonds. The fraction of sp³-hybridized carbons (Fsp3) is 0.625. The minimum Gasteiger partial charge on any atom is -0.371 e. The zero-order valence-corrected chi connectivity index (χ0v) is 14.0. The molecule has 0 heterocycles. The van der Waals surface area contributed by atoms with E-state index in [1.165, 1.54) is 16.1 Å². The van der Waals surface area contributed by atoms with Crippen LogP contribution in [0.4, 0.5) is 5.69 Å². The topological polar surface area (TPSA) is 29.3 Å². The van der Waals surface area contributed by atoms with Gasteiger partial charge in [0.25, 0.3) is 0 Å². The molecule has 19 heavy (non-hydrogen) atoms. The van der Waals surface area contributed by atoms with Crippen LogP contribution in [0, 0.1) is 5.41 Å². The van der Waals surface area contributed by atoms with Gasteiger partial charge < -0.3 is 10.6 Å². The normalized spacial score (nSPS) is 13.4. The van der Waals surface area contributed by atoms with Crippen molar-refractivity contribution in [2.75, 3.05) is 17.7 Å². The van der Waals surface area contributed by atoms with E-state index in [9.17, 15) is 0 Å². The Morgan fingerprint density at radius 2 is 1.95 bits per heavy atom. The van der Waals surface area contributed by atoms with Crippen LogP contribution < -0.4 is 10.6 Å². The van der Waals surface area contributed by atoms with Gasteiger partial charge in [-0.1, -0.05) is 33.8 Å². The minimum absolute atomic E-state index is 0.245. The molecule has 0 saturated carbocycles. The first-order chi connectivity index (χ1) is 8.82. The predicted molar refractivity (Wildman–Crippen MR) is 88.1 cm³/mol. The summed E-state index contributed by atoms with van der Waals surface area (Å²) in [5.74, 6) is 1.08. The maximum atomic E-state index is 5.99. The lowest BCUT2D eigenvalue weighted by molar-refractivity contribution is 0.329. The Kier molecular flexibility index (Phi) is 5.75. The van der Waals surface area contributed by atoms with Gasteiger partial charge in [-0.15, -0.1) is 11.8 Å². The molecule has 0 aromatic heterocycles. The van der Waals surface area contributed by atoms with Gasteiger partial charge >= 0.3 is 0 Å². The summed E-state index contributed by atoms with van der Waals surface area (Å²) in [5, 5.41) is 0. The summed E-state index contributed by atoms with van der Waals surface area (Å²) in [4.78, 5) is 3.68. The second kappa shape index (κ2) is 6.67. The van der Waals surface area contributed by atoms with E-state index >= 15 is 0 Å². The third-order valence-corrected chi connectivity index (χ3v) is 4.81. The van der Waals surface area contributed by atoms with Gasteiger partial charge in [-0.3, -0.25) is 0 Å². The summed E-state index contributed by atoms with van der Waals surface area (Å²) in [7, 11) is 2.17. The summed E-state index contributed by atoms with van der Waals surface area (Å²) in [5.41, 5.74) is 8.77. The van der Waals surface area contributed by atoms with E-state index in [-0.39, 0.29) is 5.41 Å². The maximum absolute atomic E-state index is 5.99. The summed E-state index contributed by atoms with van der Waals surface area (Å²) in [6, 6.07) is 6.96. The molecule has 1 aromatic carbocycles. The van der Waals surface area contributed by atoms with Crippen LogP contribution >= 0.6 is 11.8 Å². The van der Waals surface area contributed by atoms with Gasteiger partial charge in [0.05, 0.1) is 0 Å². The highest BCUT2D eigenvalue weighted by Gasteiger charge is 2.25. The van der Waals surface area contributed by atoms with E-state index in [2.05, 4.69) is 64.8 Å². The molecular formula is C16H28N2S. The van der Waals surface area contributed by atoms with Crippen LogP contribution in [0.1, 0.15) is 40.2 Å². The average Bonchev–Trinajstić information content (AvgIpc) is 2.36. The molecule has 0 fully saturated rings. The Hall–Kier alpha value is -0.670. The monoisotopic (exact) mass is 280 g/mol. The van der Waals surface area contributed by atoms with Crippen molar-refractivity contribution >= 4 is 17.4 Å². The van der Waals surface area contributed by atoms with Crippen molar-refractivity contribution in [2.24, 2.45) is 11.1 Å². The Morgan fingerprint density at radius 3 is 2.42 bits per heavy atom. The lowest BCUT2D eigenvalue weighted by atomic mass is 9.86. The van der Waals surface area contributed by atoms with Gasteiger partial charge in [0, 0.05) is 35.8 Å². The number of nitrogens with two attached hydrogens (primary N) is 1. The van der Waals surface area contributed by atoms with Crippen molar-refractivity contribution in [3.05, 3.63) is 23.8 Å². The molecule has 1 rings (SSSR count). The van der Waals surface area contributed by atoms with Gasteiger partial charge in [0.2, 0.25) is 0 Å². The first kappa shape index (κ1) is 16.4. The van der Waals surface area contributed by atoms with E-state index in [0.717, 1.165) is 5.75 Å². The molecule has 1 aromatic rings. The first-order valence-corrected chi connectivity index (χ1v) is 7.99. The molecule has 0 spiro atoms. The van der Waals surface area contributed by atoms with Crippen molar-refractivity contribution in [3.63, 3.8) is 0 Å². The molecule has 0 saturated heterocycles. The zero-order valence-electron chi connectivity index (χ0n) is 13.2. The lowest BCUT2D eigenvalue weighted by Gasteiger charge is -2.38. The molecule has 0 aliphatic carbocycles. The summed E-state index contributed by atoms with van der Waals surface area (Å²) in [6.45, 7) is 11.9. The maximum Gasteiger partial charge on any atom is 0.0423 e. The predicted octanol–water partition coefficient (Wildman–Crippen LogP) is 4.13. The molecule has 1 unspecified atom stereocenters. The van der Waals surface area contributed by atoms with E-state index in [1.54, 1.807) is 0 Å². The van der Waals surface area contributed by atoms with Crippen molar-refractivity contribution in [1.82, 2.24) is 0 Å². The number of anilines is 1. The smallest absolute Gasteiger partial charge is 0.0423 e. The SMILES string of the molecule is CCSc1cccc(N(C)C(C)C(C)(C)C)c1CN. The minimum atomic E-state index is 0.245. The Balaban J connectivity index is 3.15. The molecule has 3 heteroatoms.